The first-order valence-corrected chi connectivity index (χ1v) is 7.41. The third kappa shape index (κ3) is 5.08. The van der Waals surface area contributed by atoms with E-state index in [0.29, 0.717) is 12.3 Å². The molecule has 22 heavy (non-hydrogen) atoms. The van der Waals surface area contributed by atoms with E-state index in [9.17, 15) is 0 Å². The van der Waals surface area contributed by atoms with E-state index in [1.54, 1.807) is 24.3 Å². The molecule has 2 rings (SSSR count). The number of nitriles is 2. The van der Waals surface area contributed by atoms with Crippen LogP contribution in [0.5, 0.6) is 5.75 Å². The van der Waals surface area contributed by atoms with Crippen LogP contribution in [0.3, 0.4) is 0 Å². The Hall–Kier alpha value is -2.57. The zero-order valence-electron chi connectivity index (χ0n) is 12.5. The van der Waals surface area contributed by atoms with Gasteiger partial charge in [0.1, 0.15) is 24.5 Å². The van der Waals surface area contributed by atoms with E-state index >= 15 is 0 Å². The smallest absolute Gasteiger partial charge is 0.237 e. The lowest BCUT2D eigenvalue weighted by Gasteiger charge is -2.26. The van der Waals surface area contributed by atoms with Crippen molar-refractivity contribution in [2.75, 3.05) is 31.7 Å². The number of rotatable bonds is 6. The largest absolute Gasteiger partial charge is 0.492 e. The molecule has 1 aliphatic rings. The topological polar surface area (TPSA) is 84.4 Å². The van der Waals surface area contributed by atoms with Gasteiger partial charge in [0.25, 0.3) is 0 Å². The molecule has 6 nitrogen and oxygen atoms in total. The molecule has 0 saturated carbocycles. The summed E-state index contributed by atoms with van der Waals surface area (Å²) in [6.45, 7) is 3.98. The van der Waals surface area contributed by atoms with Crippen molar-refractivity contribution in [3.05, 3.63) is 24.3 Å². The summed E-state index contributed by atoms with van der Waals surface area (Å²) in [7, 11) is 0. The molecule has 0 bridgehead atoms. The summed E-state index contributed by atoms with van der Waals surface area (Å²) in [6, 6.07) is 10.7. The Kier molecular flexibility index (Phi) is 6.22. The van der Waals surface area contributed by atoms with Crippen molar-refractivity contribution in [2.45, 2.75) is 19.3 Å². The fourth-order valence-corrected chi connectivity index (χ4v) is 2.30. The Bertz CT molecular complexity index is 560. The van der Waals surface area contributed by atoms with Crippen LogP contribution >= 0.6 is 0 Å². The SMILES string of the molecule is N#CC(C#N)=NNc1ccc(OCCN2CCCCC2)cc1. The number of hydrogen-bond donors (Lipinski definition) is 1. The van der Waals surface area contributed by atoms with Gasteiger partial charge in [-0.2, -0.15) is 15.6 Å². The number of piperidine rings is 1. The van der Waals surface area contributed by atoms with Gasteiger partial charge in [-0.15, -0.1) is 0 Å². The van der Waals surface area contributed by atoms with Crippen LogP contribution in [0.1, 0.15) is 19.3 Å². The van der Waals surface area contributed by atoms with Crippen LogP contribution in [-0.2, 0) is 0 Å². The molecule has 0 unspecified atom stereocenters. The molecule has 0 amide bonds. The number of hydrazone groups is 1. The second-order valence-electron chi connectivity index (χ2n) is 5.07. The Morgan fingerprint density at radius 2 is 1.82 bits per heavy atom. The van der Waals surface area contributed by atoms with Gasteiger partial charge in [-0.05, 0) is 50.2 Å². The van der Waals surface area contributed by atoms with Crippen LogP contribution in [0.25, 0.3) is 0 Å². The number of likely N-dealkylation sites (tertiary alicyclic amines) is 1. The van der Waals surface area contributed by atoms with Gasteiger partial charge < -0.3 is 4.74 Å². The molecule has 1 N–H and O–H groups in total. The van der Waals surface area contributed by atoms with Gasteiger partial charge in [0, 0.05) is 6.54 Å². The highest BCUT2D eigenvalue weighted by molar-refractivity contribution is 6.10. The van der Waals surface area contributed by atoms with Gasteiger partial charge in [-0.3, -0.25) is 10.3 Å². The number of anilines is 1. The zero-order chi connectivity index (χ0) is 15.6. The second-order valence-corrected chi connectivity index (χ2v) is 5.07. The fraction of sp³-hybridized carbons (Fsp3) is 0.438. The molecule has 0 atom stereocenters. The summed E-state index contributed by atoms with van der Waals surface area (Å²) in [5.41, 5.74) is 3.15. The number of hydrogen-bond acceptors (Lipinski definition) is 6. The Morgan fingerprint density at radius 3 is 2.45 bits per heavy atom. The van der Waals surface area contributed by atoms with Crippen LogP contribution < -0.4 is 10.2 Å². The van der Waals surface area contributed by atoms with Crippen LogP contribution in [0.4, 0.5) is 5.69 Å². The monoisotopic (exact) mass is 297 g/mol. The van der Waals surface area contributed by atoms with Crippen LogP contribution in [0, 0.1) is 22.7 Å². The molecule has 0 aliphatic carbocycles. The molecule has 1 aromatic rings. The van der Waals surface area contributed by atoms with Gasteiger partial charge >= 0.3 is 0 Å². The molecule has 0 aromatic heterocycles. The Labute approximate surface area is 130 Å². The van der Waals surface area contributed by atoms with Crippen molar-refractivity contribution >= 4 is 11.4 Å². The number of nitrogens with one attached hydrogen (secondary N) is 1. The normalized spacial score (nSPS) is 14.5. The van der Waals surface area contributed by atoms with Crippen molar-refractivity contribution in [1.29, 1.82) is 10.5 Å². The van der Waals surface area contributed by atoms with E-state index in [-0.39, 0.29) is 5.71 Å². The van der Waals surface area contributed by atoms with Crippen LogP contribution in [0.15, 0.2) is 29.4 Å². The maximum atomic E-state index is 8.59. The van der Waals surface area contributed by atoms with E-state index < -0.39 is 0 Å². The summed E-state index contributed by atoms with van der Waals surface area (Å²) in [5, 5.41) is 20.9. The van der Waals surface area contributed by atoms with Crippen LogP contribution in [0.2, 0.25) is 0 Å². The van der Waals surface area contributed by atoms with Gasteiger partial charge in [-0.1, -0.05) is 6.42 Å². The highest BCUT2D eigenvalue weighted by atomic mass is 16.5. The predicted molar refractivity (Wildman–Crippen MR) is 84.5 cm³/mol. The summed E-state index contributed by atoms with van der Waals surface area (Å²) in [5.74, 6) is 0.798. The third-order valence-electron chi connectivity index (χ3n) is 3.49. The Balaban J connectivity index is 1.76. The van der Waals surface area contributed by atoms with Crippen molar-refractivity contribution in [1.82, 2.24) is 4.90 Å². The molecule has 1 aliphatic heterocycles. The molecular weight excluding hydrogens is 278 g/mol. The summed E-state index contributed by atoms with van der Waals surface area (Å²) in [4.78, 5) is 2.43. The molecule has 0 spiro atoms. The first-order chi connectivity index (χ1) is 10.8. The summed E-state index contributed by atoms with van der Waals surface area (Å²) < 4.78 is 5.72. The maximum Gasteiger partial charge on any atom is 0.237 e. The van der Waals surface area contributed by atoms with E-state index in [2.05, 4.69) is 15.4 Å². The van der Waals surface area contributed by atoms with Crippen molar-refractivity contribution < 1.29 is 4.74 Å². The minimum absolute atomic E-state index is 0.207. The Morgan fingerprint density at radius 1 is 1.14 bits per heavy atom. The maximum absolute atomic E-state index is 8.59. The lowest BCUT2D eigenvalue weighted by molar-refractivity contribution is 0.183. The highest BCUT2D eigenvalue weighted by Crippen LogP contribution is 2.16. The molecule has 114 valence electrons. The molecule has 1 heterocycles. The quantitative estimate of drug-likeness (QED) is 0.643. The minimum Gasteiger partial charge on any atom is -0.492 e. The van der Waals surface area contributed by atoms with E-state index in [0.717, 1.165) is 12.3 Å². The summed E-state index contributed by atoms with van der Waals surface area (Å²) >= 11 is 0. The highest BCUT2D eigenvalue weighted by Gasteiger charge is 2.09. The molecule has 1 aromatic carbocycles. The number of benzene rings is 1. The number of nitrogens with zero attached hydrogens (tertiary/aromatic N) is 4. The second kappa shape index (κ2) is 8.66. The lowest BCUT2D eigenvalue weighted by atomic mass is 10.1. The van der Waals surface area contributed by atoms with Crippen molar-refractivity contribution in [3.8, 4) is 17.9 Å². The summed E-state index contributed by atoms with van der Waals surface area (Å²) in [6.07, 6.45) is 3.91. The van der Waals surface area contributed by atoms with E-state index in [1.165, 1.54) is 32.4 Å². The van der Waals surface area contributed by atoms with E-state index in [1.807, 2.05) is 12.1 Å². The average Bonchev–Trinajstić information content (AvgIpc) is 2.58. The standard InChI is InChI=1S/C16H19N5O/c17-12-15(13-18)20-19-14-4-6-16(7-5-14)22-11-10-21-8-2-1-3-9-21/h4-7,19H,1-3,8-11H2. The number of ether oxygens (including phenoxy) is 1. The molecule has 0 radical (unpaired) electrons. The first kappa shape index (κ1) is 15.8. The molecule has 1 fully saturated rings. The van der Waals surface area contributed by atoms with E-state index in [4.69, 9.17) is 15.3 Å². The van der Waals surface area contributed by atoms with Crippen molar-refractivity contribution in [2.24, 2.45) is 5.10 Å². The first-order valence-electron chi connectivity index (χ1n) is 7.41. The fourth-order valence-electron chi connectivity index (χ4n) is 2.30. The van der Waals surface area contributed by atoms with Gasteiger partial charge in [0.05, 0.1) is 5.69 Å². The molecule has 1 saturated heterocycles. The molecule has 6 heteroatoms. The average molecular weight is 297 g/mol. The third-order valence-corrected chi connectivity index (χ3v) is 3.49. The van der Waals surface area contributed by atoms with Gasteiger partial charge in [-0.25, -0.2) is 0 Å². The minimum atomic E-state index is -0.207. The van der Waals surface area contributed by atoms with Gasteiger partial charge in [0.2, 0.25) is 5.71 Å². The van der Waals surface area contributed by atoms with Crippen LogP contribution in [-0.4, -0.2) is 36.9 Å². The van der Waals surface area contributed by atoms with Crippen molar-refractivity contribution in [3.63, 3.8) is 0 Å². The predicted octanol–water partition coefficient (Wildman–Crippen LogP) is 2.37. The zero-order valence-corrected chi connectivity index (χ0v) is 12.5. The molecular formula is C16H19N5O. The van der Waals surface area contributed by atoms with Gasteiger partial charge in [0.15, 0.2) is 0 Å². The lowest BCUT2D eigenvalue weighted by Crippen LogP contribution is -2.33.